The largest absolute Gasteiger partial charge is 0.454 e. The lowest BCUT2D eigenvalue weighted by Crippen LogP contribution is -2.27. The second kappa shape index (κ2) is 7.35. The first kappa shape index (κ1) is 19.0. The second-order valence-electron chi connectivity index (χ2n) is 7.70. The Labute approximate surface area is 179 Å². The van der Waals surface area contributed by atoms with Gasteiger partial charge in [-0.15, -0.1) is 0 Å². The minimum Gasteiger partial charge on any atom is -0.454 e. The molecule has 6 heteroatoms. The van der Waals surface area contributed by atoms with Crippen molar-refractivity contribution in [2.75, 3.05) is 12.1 Å². The predicted molar refractivity (Wildman–Crippen MR) is 117 cm³/mol. The Bertz CT molecular complexity index is 1140. The first-order valence-corrected chi connectivity index (χ1v) is 10.3. The van der Waals surface area contributed by atoms with E-state index in [2.05, 4.69) is 5.32 Å². The summed E-state index contributed by atoms with van der Waals surface area (Å²) in [7, 11) is 0. The lowest BCUT2D eigenvalue weighted by Gasteiger charge is -2.17. The van der Waals surface area contributed by atoms with Crippen LogP contribution in [0.2, 0.25) is 5.02 Å². The van der Waals surface area contributed by atoms with Crippen molar-refractivity contribution in [3.63, 3.8) is 0 Å². The maximum absolute atomic E-state index is 13.2. The van der Waals surface area contributed by atoms with Crippen LogP contribution in [0.4, 0.5) is 5.69 Å². The third-order valence-corrected chi connectivity index (χ3v) is 6.14. The molecule has 1 aliphatic heterocycles. The fraction of sp³-hybridized carbons (Fsp3) is 0.208. The van der Waals surface area contributed by atoms with Gasteiger partial charge in [-0.3, -0.25) is 4.79 Å². The van der Waals surface area contributed by atoms with Crippen molar-refractivity contribution < 1.29 is 14.3 Å². The average Bonchev–Trinajstić information content (AvgIpc) is 3.46. The van der Waals surface area contributed by atoms with E-state index < -0.39 is 5.41 Å². The van der Waals surface area contributed by atoms with Crippen LogP contribution in [0.25, 0.3) is 11.1 Å². The van der Waals surface area contributed by atoms with E-state index in [1.165, 1.54) is 0 Å². The summed E-state index contributed by atoms with van der Waals surface area (Å²) in [5, 5.41) is 3.71. The number of hydrogen-bond acceptors (Lipinski definition) is 4. The maximum atomic E-state index is 13.2. The number of nitrogens with one attached hydrogen (secondary N) is 1. The molecule has 0 unspecified atom stereocenters. The van der Waals surface area contributed by atoms with Crippen LogP contribution in [0, 0.1) is 0 Å². The zero-order valence-electron chi connectivity index (χ0n) is 16.3. The molecule has 0 atom stereocenters. The number of ether oxygens (including phenoxy) is 2. The number of halogens is 1. The summed E-state index contributed by atoms with van der Waals surface area (Å²) >= 11 is 6.45. The fourth-order valence-corrected chi connectivity index (χ4v) is 4.13. The highest BCUT2D eigenvalue weighted by Crippen LogP contribution is 2.51. The van der Waals surface area contributed by atoms with Crippen LogP contribution in [-0.2, 0) is 16.8 Å². The average molecular weight is 421 g/mol. The molecule has 5 nitrogen and oxygen atoms in total. The highest BCUT2D eigenvalue weighted by Gasteiger charge is 2.51. The highest BCUT2D eigenvalue weighted by atomic mass is 35.5. The van der Waals surface area contributed by atoms with Crippen LogP contribution >= 0.6 is 11.6 Å². The predicted octanol–water partition coefficient (Wildman–Crippen LogP) is 4.86. The van der Waals surface area contributed by atoms with Crippen molar-refractivity contribution in [2.24, 2.45) is 5.73 Å². The zero-order valence-corrected chi connectivity index (χ0v) is 17.0. The molecule has 1 fully saturated rings. The van der Waals surface area contributed by atoms with Crippen molar-refractivity contribution in [3.05, 3.63) is 76.8 Å². The third-order valence-electron chi connectivity index (χ3n) is 5.81. The van der Waals surface area contributed by atoms with E-state index in [9.17, 15) is 4.79 Å². The van der Waals surface area contributed by atoms with Crippen molar-refractivity contribution >= 4 is 23.2 Å². The molecule has 30 heavy (non-hydrogen) atoms. The van der Waals surface area contributed by atoms with Crippen LogP contribution in [0.5, 0.6) is 11.5 Å². The molecule has 3 N–H and O–H groups in total. The van der Waals surface area contributed by atoms with E-state index >= 15 is 0 Å². The summed E-state index contributed by atoms with van der Waals surface area (Å²) in [5.41, 5.74) is 9.76. The van der Waals surface area contributed by atoms with Crippen LogP contribution in [-0.4, -0.2) is 12.7 Å². The molecule has 3 aromatic carbocycles. The summed E-state index contributed by atoms with van der Waals surface area (Å²) in [6.45, 7) is 0.677. The standard InChI is InChI=1S/C24H21ClN2O3/c25-20-6-5-18(12-19(20)16-3-1-2-15(10-16)13-26)27-23(28)24(8-9-24)17-4-7-21-22(11-17)30-14-29-21/h1-7,10-12H,8-9,13-14,26H2,(H,27,28). The Kier molecular flexibility index (Phi) is 4.65. The van der Waals surface area contributed by atoms with Gasteiger partial charge in [0.1, 0.15) is 0 Å². The number of hydrogen-bond donors (Lipinski definition) is 2. The Morgan fingerprint density at radius 1 is 1.03 bits per heavy atom. The van der Waals surface area contributed by atoms with Crippen molar-refractivity contribution in [2.45, 2.75) is 24.8 Å². The summed E-state index contributed by atoms with van der Waals surface area (Å²) in [6, 6.07) is 19.2. The number of anilines is 1. The van der Waals surface area contributed by atoms with E-state index in [0.717, 1.165) is 40.8 Å². The Hall–Kier alpha value is -3.02. The van der Waals surface area contributed by atoms with Gasteiger partial charge < -0.3 is 20.5 Å². The van der Waals surface area contributed by atoms with Gasteiger partial charge >= 0.3 is 0 Å². The van der Waals surface area contributed by atoms with Crippen LogP contribution in [0.15, 0.2) is 60.7 Å². The van der Waals surface area contributed by atoms with E-state index in [0.29, 0.717) is 23.0 Å². The van der Waals surface area contributed by atoms with Crippen LogP contribution < -0.4 is 20.5 Å². The van der Waals surface area contributed by atoms with Crippen molar-refractivity contribution in [1.82, 2.24) is 0 Å². The fourth-order valence-electron chi connectivity index (χ4n) is 3.91. The molecule has 152 valence electrons. The molecule has 0 radical (unpaired) electrons. The highest BCUT2D eigenvalue weighted by molar-refractivity contribution is 6.33. The Morgan fingerprint density at radius 3 is 2.67 bits per heavy atom. The van der Waals surface area contributed by atoms with Crippen molar-refractivity contribution in [3.8, 4) is 22.6 Å². The van der Waals surface area contributed by atoms with Gasteiger partial charge in [-0.1, -0.05) is 35.9 Å². The van der Waals surface area contributed by atoms with Gasteiger partial charge in [0, 0.05) is 22.8 Å². The normalized spacial score (nSPS) is 15.7. The van der Waals surface area contributed by atoms with Gasteiger partial charge in [0.25, 0.3) is 0 Å². The lowest BCUT2D eigenvalue weighted by molar-refractivity contribution is -0.118. The number of fused-ring (bicyclic) bond motifs is 1. The smallest absolute Gasteiger partial charge is 0.235 e. The number of benzene rings is 3. The van der Waals surface area contributed by atoms with Crippen LogP contribution in [0.3, 0.4) is 0 Å². The van der Waals surface area contributed by atoms with E-state index in [4.69, 9.17) is 26.8 Å². The summed E-state index contributed by atoms with van der Waals surface area (Å²) in [4.78, 5) is 13.2. The van der Waals surface area contributed by atoms with Gasteiger partial charge in [-0.25, -0.2) is 0 Å². The molecule has 0 spiro atoms. The molecule has 0 bridgehead atoms. The first-order valence-electron chi connectivity index (χ1n) is 9.90. The number of nitrogens with two attached hydrogens (primary N) is 1. The first-order chi connectivity index (χ1) is 14.6. The van der Waals surface area contributed by atoms with Gasteiger partial charge in [-0.2, -0.15) is 0 Å². The number of carbonyl (C=O) groups excluding carboxylic acids is 1. The molecular weight excluding hydrogens is 400 g/mol. The monoisotopic (exact) mass is 420 g/mol. The van der Waals surface area contributed by atoms with Crippen LogP contribution in [0.1, 0.15) is 24.0 Å². The Morgan fingerprint density at radius 2 is 1.87 bits per heavy atom. The molecule has 0 aromatic heterocycles. The van der Waals surface area contributed by atoms with Gasteiger partial charge in [0.15, 0.2) is 11.5 Å². The summed E-state index contributed by atoms with van der Waals surface area (Å²) in [6.07, 6.45) is 1.61. The molecule has 1 saturated carbocycles. The van der Waals surface area contributed by atoms with Gasteiger partial charge in [0.05, 0.1) is 5.41 Å². The third kappa shape index (κ3) is 3.30. The topological polar surface area (TPSA) is 73.6 Å². The molecule has 1 aliphatic carbocycles. The SMILES string of the molecule is NCc1cccc(-c2cc(NC(=O)C3(c4ccc5c(c4)OCO5)CC3)ccc2Cl)c1. The Balaban J connectivity index is 1.41. The zero-order chi connectivity index (χ0) is 20.7. The van der Waals surface area contributed by atoms with Gasteiger partial charge in [-0.05, 0) is 65.9 Å². The van der Waals surface area contributed by atoms with Gasteiger partial charge in [0.2, 0.25) is 12.7 Å². The lowest BCUT2D eigenvalue weighted by atomic mass is 9.94. The van der Waals surface area contributed by atoms with E-state index in [-0.39, 0.29) is 12.7 Å². The maximum Gasteiger partial charge on any atom is 0.235 e. The summed E-state index contributed by atoms with van der Waals surface area (Å²) in [5.74, 6) is 1.39. The molecule has 2 aliphatic rings. The molecule has 5 rings (SSSR count). The van der Waals surface area contributed by atoms with Crippen molar-refractivity contribution in [1.29, 1.82) is 0 Å². The molecule has 1 amide bonds. The van der Waals surface area contributed by atoms with E-state index in [1.807, 2.05) is 60.7 Å². The molecule has 1 heterocycles. The van der Waals surface area contributed by atoms with E-state index in [1.54, 1.807) is 0 Å². The number of amides is 1. The molecule has 3 aromatic rings. The minimum atomic E-state index is -0.528. The molecular formula is C24H21ClN2O3. The second-order valence-corrected chi connectivity index (χ2v) is 8.11. The number of carbonyl (C=O) groups is 1. The quantitative estimate of drug-likeness (QED) is 0.617. The molecule has 0 saturated heterocycles. The summed E-state index contributed by atoms with van der Waals surface area (Å²) < 4.78 is 10.9. The number of rotatable bonds is 5. The minimum absolute atomic E-state index is 0.0228.